The second kappa shape index (κ2) is 13.7. The Balaban J connectivity index is 1.71. The molecule has 0 spiro atoms. The number of halogens is 3. The number of rotatable bonds is 10. The van der Waals surface area contributed by atoms with Crippen molar-refractivity contribution in [3.63, 3.8) is 0 Å². The molecule has 4 rings (SSSR count). The summed E-state index contributed by atoms with van der Waals surface area (Å²) in [6.45, 7) is 4.94. The lowest BCUT2D eigenvalue weighted by molar-refractivity contribution is -0.139. The molecule has 1 N–H and O–H groups in total. The third kappa shape index (κ3) is 7.59. The maximum absolute atomic E-state index is 14.1. The van der Waals surface area contributed by atoms with E-state index in [1.165, 1.54) is 29.2 Å². The molecule has 42 heavy (non-hydrogen) atoms. The highest BCUT2D eigenvalue weighted by Crippen LogP contribution is 2.28. The summed E-state index contributed by atoms with van der Waals surface area (Å²) in [6, 6.07) is 15.1. The Hall–Kier alpha value is -2.78. The number of aryl methyl sites for hydroxylation is 2. The zero-order chi connectivity index (χ0) is 30.6. The van der Waals surface area contributed by atoms with E-state index in [0.29, 0.717) is 26.3 Å². The molecule has 1 aliphatic rings. The van der Waals surface area contributed by atoms with Gasteiger partial charge in [-0.3, -0.25) is 13.9 Å². The van der Waals surface area contributed by atoms with Gasteiger partial charge in [-0.05, 0) is 98.8 Å². The molecule has 11 heteroatoms. The third-order valence-corrected chi connectivity index (χ3v) is 10.4. The first-order valence-electron chi connectivity index (χ1n) is 13.8. The highest BCUT2D eigenvalue weighted by molar-refractivity contribution is 7.92. The van der Waals surface area contributed by atoms with E-state index >= 15 is 0 Å². The van der Waals surface area contributed by atoms with Gasteiger partial charge in [0, 0.05) is 17.6 Å². The van der Waals surface area contributed by atoms with Gasteiger partial charge >= 0.3 is 0 Å². The number of hydrogen-bond acceptors (Lipinski definition) is 4. The summed E-state index contributed by atoms with van der Waals surface area (Å²) >= 11 is 18.4. The Labute approximate surface area is 262 Å². The van der Waals surface area contributed by atoms with E-state index in [-0.39, 0.29) is 23.4 Å². The average molecular weight is 651 g/mol. The topological polar surface area (TPSA) is 86.8 Å². The molecule has 3 aromatic carbocycles. The first kappa shape index (κ1) is 32.1. The van der Waals surface area contributed by atoms with Gasteiger partial charge in [-0.1, -0.05) is 59.8 Å². The highest BCUT2D eigenvalue weighted by atomic mass is 35.5. The van der Waals surface area contributed by atoms with E-state index in [1.807, 2.05) is 19.9 Å². The summed E-state index contributed by atoms with van der Waals surface area (Å²) in [6.07, 6.45) is 3.86. The smallest absolute Gasteiger partial charge is 0.264 e. The lowest BCUT2D eigenvalue weighted by Crippen LogP contribution is -2.52. The van der Waals surface area contributed by atoms with Crippen molar-refractivity contribution in [1.82, 2.24) is 10.2 Å². The molecule has 7 nitrogen and oxygen atoms in total. The Morgan fingerprint density at radius 1 is 0.905 bits per heavy atom. The minimum atomic E-state index is -4.19. The van der Waals surface area contributed by atoms with E-state index < -0.39 is 28.5 Å². The molecule has 1 atom stereocenters. The van der Waals surface area contributed by atoms with Crippen LogP contribution in [0.2, 0.25) is 15.1 Å². The first-order valence-corrected chi connectivity index (χ1v) is 16.3. The SMILES string of the molecule is Cc1ccc(N(CC(=O)N(Cc2ccc(Cl)c(Cl)c2)C(C)C(=O)NC2CCCC2)S(=O)(=O)c2ccc(Cl)cc2)cc1C. The zero-order valence-corrected chi connectivity index (χ0v) is 26.8. The third-order valence-electron chi connectivity index (χ3n) is 7.66. The van der Waals surface area contributed by atoms with E-state index in [9.17, 15) is 18.0 Å². The average Bonchev–Trinajstić information content (AvgIpc) is 3.46. The van der Waals surface area contributed by atoms with Crippen LogP contribution in [0, 0.1) is 13.8 Å². The lowest BCUT2D eigenvalue weighted by Gasteiger charge is -2.32. The van der Waals surface area contributed by atoms with Gasteiger partial charge in [-0.2, -0.15) is 0 Å². The van der Waals surface area contributed by atoms with Gasteiger partial charge < -0.3 is 10.2 Å². The van der Waals surface area contributed by atoms with Crippen LogP contribution in [0.1, 0.15) is 49.3 Å². The van der Waals surface area contributed by atoms with Gasteiger partial charge in [0.2, 0.25) is 11.8 Å². The number of nitrogens with one attached hydrogen (secondary N) is 1. The van der Waals surface area contributed by atoms with Crippen LogP contribution in [0.4, 0.5) is 5.69 Å². The Morgan fingerprint density at radius 2 is 1.57 bits per heavy atom. The number of nitrogens with zero attached hydrogens (tertiary/aromatic N) is 2. The first-order chi connectivity index (χ1) is 19.9. The summed E-state index contributed by atoms with van der Waals surface area (Å²) < 4.78 is 29.0. The minimum absolute atomic E-state index is 0.0130. The Bertz CT molecular complexity index is 1560. The molecule has 0 saturated heterocycles. The van der Waals surface area contributed by atoms with Crippen LogP contribution in [0.5, 0.6) is 0 Å². The molecular weight excluding hydrogens is 617 g/mol. The molecule has 0 aliphatic heterocycles. The molecule has 0 bridgehead atoms. The van der Waals surface area contributed by atoms with Gasteiger partial charge in [-0.25, -0.2) is 8.42 Å². The molecule has 1 fully saturated rings. The van der Waals surface area contributed by atoms with Crippen LogP contribution in [0.25, 0.3) is 0 Å². The van der Waals surface area contributed by atoms with Crippen LogP contribution in [-0.4, -0.2) is 43.8 Å². The molecule has 1 aliphatic carbocycles. The van der Waals surface area contributed by atoms with Gasteiger partial charge in [-0.15, -0.1) is 0 Å². The van der Waals surface area contributed by atoms with Gasteiger partial charge in [0.1, 0.15) is 12.6 Å². The number of hydrogen-bond donors (Lipinski definition) is 1. The second-order valence-corrected chi connectivity index (χ2v) is 13.8. The van der Waals surface area contributed by atoms with Crippen molar-refractivity contribution in [2.75, 3.05) is 10.8 Å². The maximum atomic E-state index is 14.1. The molecule has 0 aromatic heterocycles. The molecule has 1 saturated carbocycles. The Kier molecular flexibility index (Phi) is 10.5. The highest BCUT2D eigenvalue weighted by Gasteiger charge is 2.33. The van der Waals surface area contributed by atoms with Crippen molar-refractivity contribution in [2.45, 2.75) is 70.0 Å². The monoisotopic (exact) mass is 649 g/mol. The molecule has 0 radical (unpaired) electrons. The molecule has 3 aromatic rings. The van der Waals surface area contributed by atoms with Crippen molar-refractivity contribution in [3.05, 3.63) is 92.4 Å². The summed E-state index contributed by atoms with van der Waals surface area (Å²) in [4.78, 5) is 28.8. The number of sulfonamides is 1. The predicted octanol–water partition coefficient (Wildman–Crippen LogP) is 6.94. The van der Waals surface area contributed by atoms with E-state index in [4.69, 9.17) is 34.8 Å². The molecule has 2 amide bonds. The van der Waals surface area contributed by atoms with E-state index in [1.54, 1.807) is 37.3 Å². The number of amides is 2. The van der Waals surface area contributed by atoms with Crippen LogP contribution < -0.4 is 9.62 Å². The van der Waals surface area contributed by atoms with Crippen LogP contribution in [-0.2, 0) is 26.2 Å². The maximum Gasteiger partial charge on any atom is 0.264 e. The fourth-order valence-corrected chi connectivity index (χ4v) is 6.81. The summed E-state index contributed by atoms with van der Waals surface area (Å²) in [5, 5.41) is 4.12. The van der Waals surface area contributed by atoms with Gasteiger partial charge in [0.25, 0.3) is 10.0 Å². The molecule has 0 heterocycles. The van der Waals surface area contributed by atoms with E-state index in [0.717, 1.165) is 41.1 Å². The Morgan fingerprint density at radius 3 is 2.19 bits per heavy atom. The summed E-state index contributed by atoms with van der Waals surface area (Å²) in [7, 11) is -4.19. The lowest BCUT2D eigenvalue weighted by atomic mass is 10.1. The molecule has 224 valence electrons. The normalized spacial score (nSPS) is 14.4. The summed E-state index contributed by atoms with van der Waals surface area (Å²) in [5.74, 6) is -0.848. The van der Waals surface area contributed by atoms with Crippen molar-refractivity contribution < 1.29 is 18.0 Å². The van der Waals surface area contributed by atoms with E-state index in [2.05, 4.69) is 5.32 Å². The van der Waals surface area contributed by atoms with Crippen LogP contribution in [0.15, 0.2) is 65.6 Å². The quantitative estimate of drug-likeness (QED) is 0.258. The fourth-order valence-electron chi connectivity index (χ4n) is 4.95. The van der Waals surface area contributed by atoms with Crippen molar-refractivity contribution >= 4 is 62.3 Å². The fraction of sp³-hybridized carbons (Fsp3) is 0.355. The minimum Gasteiger partial charge on any atom is -0.352 e. The standard InChI is InChI=1S/C31H34Cl3N3O4S/c1-20-8-12-26(16-21(20)2)37(42(40,41)27-13-10-24(32)11-14-27)19-30(38)36(18-23-9-15-28(33)29(34)17-23)22(3)31(39)35-25-6-4-5-7-25/h8-17,22,25H,4-7,18-19H2,1-3H3,(H,35,39). The van der Waals surface area contributed by atoms with Crippen molar-refractivity contribution in [1.29, 1.82) is 0 Å². The second-order valence-electron chi connectivity index (χ2n) is 10.7. The van der Waals surface area contributed by atoms with Crippen LogP contribution >= 0.6 is 34.8 Å². The number of benzene rings is 3. The number of carbonyl (C=O) groups excluding carboxylic acids is 2. The number of carbonyl (C=O) groups is 2. The summed E-state index contributed by atoms with van der Waals surface area (Å²) in [5.41, 5.74) is 2.83. The molecule has 1 unspecified atom stereocenters. The number of anilines is 1. The predicted molar refractivity (Wildman–Crippen MR) is 169 cm³/mol. The van der Waals surface area contributed by atoms with Crippen molar-refractivity contribution in [2.24, 2.45) is 0 Å². The van der Waals surface area contributed by atoms with Gasteiger partial charge in [0.05, 0.1) is 20.6 Å². The largest absolute Gasteiger partial charge is 0.352 e. The van der Waals surface area contributed by atoms with Crippen LogP contribution in [0.3, 0.4) is 0 Å². The molecular formula is C31H34Cl3N3O4S. The van der Waals surface area contributed by atoms with Gasteiger partial charge in [0.15, 0.2) is 0 Å². The van der Waals surface area contributed by atoms with Crippen molar-refractivity contribution in [3.8, 4) is 0 Å². The zero-order valence-electron chi connectivity index (χ0n) is 23.7.